The molecule has 92 valence electrons. The van der Waals surface area contributed by atoms with Gasteiger partial charge in [-0.2, -0.15) is 0 Å². The Hall–Kier alpha value is -1.92. The maximum Gasteiger partial charge on any atom is 0.217 e. The molecule has 6 nitrogen and oxygen atoms in total. The van der Waals surface area contributed by atoms with Crippen molar-refractivity contribution in [3.05, 3.63) is 41.0 Å². The SMILES string of the molecule is NCc1cn(Cc2nc3ccc(Cl)cc3o2)nn1. The quantitative estimate of drug-likeness (QED) is 0.776. The molecule has 0 aliphatic rings. The molecular formula is C11H10ClN5O. The summed E-state index contributed by atoms with van der Waals surface area (Å²) in [5.74, 6) is 0.556. The number of rotatable bonds is 3. The molecule has 0 unspecified atom stereocenters. The van der Waals surface area contributed by atoms with Crippen LogP contribution in [0.2, 0.25) is 5.02 Å². The highest BCUT2D eigenvalue weighted by Gasteiger charge is 2.08. The van der Waals surface area contributed by atoms with Gasteiger partial charge in [0.15, 0.2) is 5.58 Å². The molecule has 0 radical (unpaired) electrons. The molecule has 0 saturated heterocycles. The Morgan fingerprint density at radius 3 is 3.06 bits per heavy atom. The van der Waals surface area contributed by atoms with E-state index < -0.39 is 0 Å². The van der Waals surface area contributed by atoms with Crippen LogP contribution in [0.25, 0.3) is 11.1 Å². The lowest BCUT2D eigenvalue weighted by Crippen LogP contribution is -2.00. The van der Waals surface area contributed by atoms with E-state index >= 15 is 0 Å². The first-order valence-electron chi connectivity index (χ1n) is 5.38. The Kier molecular flexibility index (Phi) is 2.73. The van der Waals surface area contributed by atoms with Gasteiger partial charge in [0.2, 0.25) is 5.89 Å². The second-order valence-electron chi connectivity index (χ2n) is 3.83. The van der Waals surface area contributed by atoms with Crippen molar-refractivity contribution in [2.45, 2.75) is 13.1 Å². The molecule has 0 amide bonds. The van der Waals surface area contributed by atoms with E-state index in [0.717, 1.165) is 11.2 Å². The highest BCUT2D eigenvalue weighted by molar-refractivity contribution is 6.31. The van der Waals surface area contributed by atoms with Crippen molar-refractivity contribution in [1.82, 2.24) is 20.0 Å². The van der Waals surface area contributed by atoms with Crippen molar-refractivity contribution in [3.8, 4) is 0 Å². The van der Waals surface area contributed by atoms with Gasteiger partial charge < -0.3 is 10.2 Å². The predicted molar refractivity (Wildman–Crippen MR) is 66.0 cm³/mol. The lowest BCUT2D eigenvalue weighted by Gasteiger charge is -1.93. The van der Waals surface area contributed by atoms with Gasteiger partial charge in [-0.1, -0.05) is 16.8 Å². The molecule has 0 aliphatic heterocycles. The smallest absolute Gasteiger partial charge is 0.217 e. The molecule has 0 saturated carbocycles. The van der Waals surface area contributed by atoms with E-state index in [9.17, 15) is 0 Å². The summed E-state index contributed by atoms with van der Waals surface area (Å²) in [6.45, 7) is 0.780. The number of aromatic nitrogens is 4. The monoisotopic (exact) mass is 263 g/mol. The third-order valence-electron chi connectivity index (χ3n) is 2.49. The van der Waals surface area contributed by atoms with Crippen LogP contribution in [0.1, 0.15) is 11.6 Å². The maximum absolute atomic E-state index is 5.88. The molecule has 0 atom stereocenters. The van der Waals surface area contributed by atoms with Gasteiger partial charge in [0.05, 0.1) is 11.9 Å². The molecule has 18 heavy (non-hydrogen) atoms. The van der Waals surface area contributed by atoms with Crippen LogP contribution < -0.4 is 5.73 Å². The normalized spacial score (nSPS) is 11.2. The highest BCUT2D eigenvalue weighted by Crippen LogP contribution is 2.20. The average Bonchev–Trinajstić information content (AvgIpc) is 2.95. The van der Waals surface area contributed by atoms with Crippen LogP contribution in [0.15, 0.2) is 28.8 Å². The molecule has 2 aromatic heterocycles. The van der Waals surface area contributed by atoms with Crippen LogP contribution in [0.5, 0.6) is 0 Å². The second-order valence-corrected chi connectivity index (χ2v) is 4.27. The number of benzene rings is 1. The zero-order valence-corrected chi connectivity index (χ0v) is 10.1. The van der Waals surface area contributed by atoms with E-state index in [1.807, 2.05) is 6.07 Å². The molecule has 0 bridgehead atoms. The molecule has 7 heteroatoms. The van der Waals surface area contributed by atoms with E-state index in [0.29, 0.717) is 29.6 Å². The number of fused-ring (bicyclic) bond motifs is 1. The van der Waals surface area contributed by atoms with Crippen molar-refractivity contribution in [3.63, 3.8) is 0 Å². The largest absolute Gasteiger partial charge is 0.439 e. The zero-order chi connectivity index (χ0) is 12.5. The van der Waals surface area contributed by atoms with Gasteiger partial charge in [-0.25, -0.2) is 9.67 Å². The van der Waals surface area contributed by atoms with Gasteiger partial charge in [-0.15, -0.1) is 5.10 Å². The minimum Gasteiger partial charge on any atom is -0.439 e. The Morgan fingerprint density at radius 2 is 2.28 bits per heavy atom. The van der Waals surface area contributed by atoms with Gasteiger partial charge in [-0.05, 0) is 12.1 Å². The molecule has 3 aromatic rings. The van der Waals surface area contributed by atoms with Crippen molar-refractivity contribution in [1.29, 1.82) is 0 Å². The lowest BCUT2D eigenvalue weighted by molar-refractivity contribution is 0.485. The summed E-state index contributed by atoms with van der Waals surface area (Å²) in [7, 11) is 0. The van der Waals surface area contributed by atoms with Crippen LogP contribution in [0, 0.1) is 0 Å². The first-order valence-corrected chi connectivity index (χ1v) is 5.76. The fourth-order valence-electron chi connectivity index (χ4n) is 1.66. The van der Waals surface area contributed by atoms with Crippen LogP contribution in [0.4, 0.5) is 0 Å². The number of nitrogens with two attached hydrogens (primary N) is 1. The summed E-state index contributed by atoms with van der Waals surface area (Å²) in [5.41, 5.74) is 7.63. The molecular weight excluding hydrogens is 254 g/mol. The zero-order valence-electron chi connectivity index (χ0n) is 9.38. The maximum atomic E-state index is 5.88. The van der Waals surface area contributed by atoms with E-state index in [4.69, 9.17) is 21.8 Å². The van der Waals surface area contributed by atoms with Gasteiger partial charge >= 0.3 is 0 Å². The predicted octanol–water partition coefficient (Wildman–Crippen LogP) is 1.58. The van der Waals surface area contributed by atoms with Crippen molar-refractivity contribution >= 4 is 22.7 Å². The highest BCUT2D eigenvalue weighted by atomic mass is 35.5. The summed E-state index contributed by atoms with van der Waals surface area (Å²) in [5, 5.41) is 8.45. The van der Waals surface area contributed by atoms with Crippen molar-refractivity contribution < 1.29 is 4.42 Å². The number of nitrogens with zero attached hydrogens (tertiary/aromatic N) is 4. The second kappa shape index (κ2) is 4.40. The van der Waals surface area contributed by atoms with Gasteiger partial charge in [0.25, 0.3) is 0 Å². The minimum absolute atomic E-state index is 0.364. The Morgan fingerprint density at radius 1 is 1.39 bits per heavy atom. The third-order valence-corrected chi connectivity index (χ3v) is 2.72. The molecule has 1 aromatic carbocycles. The van der Waals surface area contributed by atoms with E-state index in [1.54, 1.807) is 23.0 Å². The number of oxazole rings is 1. The fourth-order valence-corrected chi connectivity index (χ4v) is 1.82. The summed E-state index contributed by atoms with van der Waals surface area (Å²) in [4.78, 5) is 4.34. The molecule has 2 N–H and O–H groups in total. The Bertz CT molecular complexity index is 690. The summed E-state index contributed by atoms with van der Waals surface area (Å²) in [6.07, 6.45) is 1.77. The Balaban J connectivity index is 1.90. The van der Waals surface area contributed by atoms with Crippen molar-refractivity contribution in [2.75, 3.05) is 0 Å². The van der Waals surface area contributed by atoms with E-state index in [-0.39, 0.29) is 0 Å². The summed E-state index contributed by atoms with van der Waals surface area (Å²) < 4.78 is 7.21. The minimum atomic E-state index is 0.364. The van der Waals surface area contributed by atoms with Crippen LogP contribution in [-0.2, 0) is 13.1 Å². The molecule has 2 heterocycles. The standard InChI is InChI=1S/C11H10ClN5O/c12-7-1-2-9-10(3-7)18-11(14-9)6-17-5-8(4-13)15-16-17/h1-3,5H,4,6,13H2. The molecule has 0 spiro atoms. The van der Waals surface area contributed by atoms with E-state index in [1.165, 1.54) is 0 Å². The number of hydrogen-bond acceptors (Lipinski definition) is 5. The van der Waals surface area contributed by atoms with Crippen LogP contribution in [-0.4, -0.2) is 20.0 Å². The average molecular weight is 264 g/mol. The summed E-state index contributed by atoms with van der Waals surface area (Å²) >= 11 is 5.88. The van der Waals surface area contributed by atoms with Gasteiger partial charge in [0.1, 0.15) is 12.1 Å². The first kappa shape index (κ1) is 11.2. The van der Waals surface area contributed by atoms with Crippen LogP contribution in [0.3, 0.4) is 0 Å². The summed E-state index contributed by atoms with van der Waals surface area (Å²) in [6, 6.07) is 5.33. The van der Waals surface area contributed by atoms with Gasteiger partial charge in [0, 0.05) is 17.6 Å². The molecule has 0 fully saturated rings. The number of hydrogen-bond donors (Lipinski definition) is 1. The molecule has 3 rings (SSSR count). The van der Waals surface area contributed by atoms with E-state index in [2.05, 4.69) is 15.3 Å². The first-order chi connectivity index (χ1) is 8.74. The Labute approximate surface area is 107 Å². The topological polar surface area (TPSA) is 82.8 Å². The molecule has 0 aliphatic carbocycles. The van der Waals surface area contributed by atoms with Crippen LogP contribution >= 0.6 is 11.6 Å². The third kappa shape index (κ3) is 2.07. The van der Waals surface area contributed by atoms with Gasteiger partial charge in [-0.3, -0.25) is 0 Å². The van der Waals surface area contributed by atoms with Crippen molar-refractivity contribution in [2.24, 2.45) is 5.73 Å². The lowest BCUT2D eigenvalue weighted by atomic mass is 10.3. The number of halogens is 1. The fraction of sp³-hybridized carbons (Fsp3) is 0.182.